The van der Waals surface area contributed by atoms with Gasteiger partial charge in [0.05, 0.1) is 19.4 Å². The summed E-state index contributed by atoms with van der Waals surface area (Å²) in [4.78, 5) is 3.88. The Labute approximate surface area is 88.3 Å². The van der Waals surface area contributed by atoms with E-state index in [0.29, 0.717) is 5.92 Å². The third-order valence-electron chi connectivity index (χ3n) is 2.12. The molecule has 0 saturated carbocycles. The fraction of sp³-hybridized carbons (Fsp3) is 0.700. The topological polar surface area (TPSA) is 43.8 Å². The zero-order valence-electron chi connectivity index (χ0n) is 9.08. The van der Waals surface area contributed by atoms with E-state index in [4.69, 9.17) is 5.73 Å². The van der Waals surface area contributed by atoms with Gasteiger partial charge in [-0.2, -0.15) is 0 Å². The van der Waals surface area contributed by atoms with E-state index in [1.165, 1.54) is 10.9 Å². The lowest BCUT2D eigenvalue weighted by atomic mass is 10.1. The van der Waals surface area contributed by atoms with Crippen LogP contribution in [0, 0.1) is 5.92 Å². The van der Waals surface area contributed by atoms with Crippen molar-refractivity contribution in [3.05, 3.63) is 18.2 Å². The monoisotopic (exact) mass is 217 g/mol. The van der Waals surface area contributed by atoms with E-state index in [-0.39, 0.29) is 6.54 Å². The molecule has 0 spiro atoms. The molecule has 5 heteroatoms. The zero-order valence-corrected chi connectivity index (χ0v) is 9.08. The number of halogens is 2. The first-order valence-corrected chi connectivity index (χ1v) is 5.01. The predicted octanol–water partition coefficient (Wildman–Crippen LogP) is 1.68. The Hall–Kier alpha value is -0.970. The van der Waals surface area contributed by atoms with Crippen LogP contribution in [-0.4, -0.2) is 22.0 Å². The van der Waals surface area contributed by atoms with Crippen LogP contribution in [0.5, 0.6) is 0 Å². The maximum absolute atomic E-state index is 13.1. The van der Waals surface area contributed by atoms with E-state index in [1.807, 2.05) is 13.8 Å². The third-order valence-corrected chi connectivity index (χ3v) is 2.12. The summed E-state index contributed by atoms with van der Waals surface area (Å²) in [5.74, 6) is -2.43. The molecule has 0 amide bonds. The predicted molar refractivity (Wildman–Crippen MR) is 54.8 cm³/mol. The molecule has 0 radical (unpaired) electrons. The van der Waals surface area contributed by atoms with Crippen LogP contribution in [-0.2, 0) is 13.0 Å². The van der Waals surface area contributed by atoms with Crippen LogP contribution >= 0.6 is 0 Å². The molecule has 15 heavy (non-hydrogen) atoms. The molecule has 0 aliphatic heterocycles. The minimum atomic E-state index is -2.85. The largest absolute Gasteiger partial charge is 0.329 e. The fourth-order valence-electron chi connectivity index (χ4n) is 1.39. The molecule has 0 bridgehead atoms. The normalized spacial score (nSPS) is 12.4. The van der Waals surface area contributed by atoms with Gasteiger partial charge in [-0.15, -0.1) is 0 Å². The molecule has 0 saturated heterocycles. The Balaban J connectivity index is 2.73. The van der Waals surface area contributed by atoms with Gasteiger partial charge < -0.3 is 10.3 Å². The van der Waals surface area contributed by atoms with Crippen molar-refractivity contribution in [3.8, 4) is 0 Å². The quantitative estimate of drug-likeness (QED) is 0.815. The van der Waals surface area contributed by atoms with Crippen LogP contribution in [0.1, 0.15) is 19.5 Å². The van der Waals surface area contributed by atoms with Gasteiger partial charge in [0.15, 0.2) is 0 Å². The molecule has 86 valence electrons. The highest BCUT2D eigenvalue weighted by Crippen LogP contribution is 2.17. The van der Waals surface area contributed by atoms with Crippen LogP contribution in [0.15, 0.2) is 12.5 Å². The van der Waals surface area contributed by atoms with Crippen molar-refractivity contribution in [2.45, 2.75) is 32.7 Å². The van der Waals surface area contributed by atoms with Gasteiger partial charge in [-0.25, -0.2) is 13.8 Å². The van der Waals surface area contributed by atoms with E-state index in [2.05, 4.69) is 4.98 Å². The number of hydrogen-bond donors (Lipinski definition) is 1. The molecule has 1 aromatic rings. The lowest BCUT2D eigenvalue weighted by Gasteiger charge is -2.17. The molecule has 0 aliphatic rings. The highest BCUT2D eigenvalue weighted by Gasteiger charge is 2.28. The highest BCUT2D eigenvalue weighted by molar-refractivity contribution is 5.00. The minimum Gasteiger partial charge on any atom is -0.329 e. The Morgan fingerprint density at radius 3 is 2.73 bits per heavy atom. The number of rotatable bonds is 5. The summed E-state index contributed by atoms with van der Waals surface area (Å²) in [6.45, 7) is 3.06. The van der Waals surface area contributed by atoms with Crippen molar-refractivity contribution in [2.75, 3.05) is 6.54 Å². The summed E-state index contributed by atoms with van der Waals surface area (Å²) in [5.41, 5.74) is 5.82. The first-order chi connectivity index (χ1) is 6.94. The van der Waals surface area contributed by atoms with Crippen LogP contribution in [0.25, 0.3) is 0 Å². The van der Waals surface area contributed by atoms with E-state index in [0.717, 1.165) is 12.1 Å². The molecule has 0 atom stereocenters. The summed E-state index contributed by atoms with van der Waals surface area (Å²) >= 11 is 0. The molecule has 0 fully saturated rings. The highest BCUT2D eigenvalue weighted by atomic mass is 19.3. The number of alkyl halides is 2. The molecule has 1 heterocycles. The first kappa shape index (κ1) is 12.1. The smallest absolute Gasteiger partial charge is 0.277 e. The molecule has 0 unspecified atom stereocenters. The van der Waals surface area contributed by atoms with Crippen molar-refractivity contribution in [1.82, 2.24) is 9.55 Å². The third kappa shape index (κ3) is 3.58. The lowest BCUT2D eigenvalue weighted by molar-refractivity contribution is -0.00737. The van der Waals surface area contributed by atoms with Crippen LogP contribution in [0.2, 0.25) is 0 Å². The van der Waals surface area contributed by atoms with E-state index in [9.17, 15) is 8.78 Å². The second-order valence-electron chi connectivity index (χ2n) is 4.17. The van der Waals surface area contributed by atoms with E-state index >= 15 is 0 Å². The molecule has 3 nitrogen and oxygen atoms in total. The Morgan fingerprint density at radius 1 is 1.53 bits per heavy atom. The van der Waals surface area contributed by atoms with Gasteiger partial charge in [0.2, 0.25) is 0 Å². The van der Waals surface area contributed by atoms with E-state index < -0.39 is 12.5 Å². The first-order valence-electron chi connectivity index (χ1n) is 5.01. The molecule has 0 aromatic carbocycles. The summed E-state index contributed by atoms with van der Waals surface area (Å²) in [6, 6.07) is 0. The van der Waals surface area contributed by atoms with Gasteiger partial charge in [0.25, 0.3) is 5.92 Å². The van der Waals surface area contributed by atoms with Gasteiger partial charge in [-0.3, -0.25) is 0 Å². The molecular weight excluding hydrogens is 200 g/mol. The molecule has 1 aromatic heterocycles. The number of aromatic nitrogens is 2. The molecular formula is C10H17F2N3. The Kier molecular flexibility index (Phi) is 3.79. The molecule has 2 N–H and O–H groups in total. The summed E-state index contributed by atoms with van der Waals surface area (Å²) in [7, 11) is 0. The lowest BCUT2D eigenvalue weighted by Crippen LogP contribution is -2.33. The van der Waals surface area contributed by atoms with Crippen molar-refractivity contribution in [1.29, 1.82) is 0 Å². The average Bonchev–Trinajstić information content (AvgIpc) is 2.51. The molecule has 0 aliphatic carbocycles. The zero-order chi connectivity index (χ0) is 11.5. The van der Waals surface area contributed by atoms with Gasteiger partial charge in [0.1, 0.15) is 0 Å². The standard InChI is InChI=1S/C10H17F2N3/c1-8(2)3-9-4-14-7-15(9)6-10(11,12)5-13/h4,7-8H,3,5-6,13H2,1-2H3. The van der Waals surface area contributed by atoms with Crippen LogP contribution < -0.4 is 5.73 Å². The van der Waals surface area contributed by atoms with Crippen molar-refractivity contribution in [3.63, 3.8) is 0 Å². The average molecular weight is 217 g/mol. The fourth-order valence-corrected chi connectivity index (χ4v) is 1.39. The van der Waals surface area contributed by atoms with Gasteiger partial charge in [-0.1, -0.05) is 13.8 Å². The SMILES string of the molecule is CC(C)Cc1cncn1CC(F)(F)CN. The second kappa shape index (κ2) is 4.70. The van der Waals surface area contributed by atoms with Crippen molar-refractivity contribution < 1.29 is 8.78 Å². The van der Waals surface area contributed by atoms with Gasteiger partial charge in [-0.05, 0) is 12.3 Å². The second-order valence-corrected chi connectivity index (χ2v) is 4.17. The van der Waals surface area contributed by atoms with Crippen LogP contribution in [0.4, 0.5) is 8.78 Å². The van der Waals surface area contributed by atoms with Gasteiger partial charge in [0, 0.05) is 11.9 Å². The van der Waals surface area contributed by atoms with Gasteiger partial charge >= 0.3 is 0 Å². The summed E-state index contributed by atoms with van der Waals surface area (Å²) in [6.07, 6.45) is 3.81. The number of nitrogens with zero attached hydrogens (tertiary/aromatic N) is 2. The Morgan fingerprint density at radius 2 is 2.20 bits per heavy atom. The summed E-state index contributed by atoms with van der Waals surface area (Å²) < 4.78 is 27.6. The van der Waals surface area contributed by atoms with E-state index in [1.54, 1.807) is 6.20 Å². The molecule has 1 rings (SSSR count). The number of imidazole rings is 1. The maximum Gasteiger partial charge on any atom is 0.277 e. The number of nitrogens with two attached hydrogens (primary N) is 1. The Bertz CT molecular complexity index is 307. The minimum absolute atomic E-state index is 0.383. The van der Waals surface area contributed by atoms with Crippen LogP contribution in [0.3, 0.4) is 0 Å². The van der Waals surface area contributed by atoms with Crippen molar-refractivity contribution in [2.24, 2.45) is 11.7 Å². The maximum atomic E-state index is 13.1. The number of hydrogen-bond acceptors (Lipinski definition) is 2. The van der Waals surface area contributed by atoms with Crippen molar-refractivity contribution >= 4 is 0 Å². The summed E-state index contributed by atoms with van der Waals surface area (Å²) in [5, 5.41) is 0.